The number of benzene rings is 2. The molecule has 4 heteroatoms. The summed E-state index contributed by atoms with van der Waals surface area (Å²) < 4.78 is 0. The predicted molar refractivity (Wildman–Crippen MR) is 78.7 cm³/mol. The molecule has 0 atom stereocenters. The Morgan fingerprint density at radius 3 is 2.55 bits per heavy atom. The second-order valence-corrected chi connectivity index (χ2v) is 5.37. The van der Waals surface area contributed by atoms with Crippen LogP contribution in [0, 0.1) is 11.3 Å². The SMILES string of the molecule is N#Cc1ncc(O)c2ccc(Sc3ccccc3)cc12. The molecule has 3 aromatic rings. The van der Waals surface area contributed by atoms with E-state index in [0.29, 0.717) is 16.5 Å². The fourth-order valence-corrected chi connectivity index (χ4v) is 2.86. The van der Waals surface area contributed by atoms with Gasteiger partial charge in [-0.3, -0.25) is 0 Å². The normalized spacial score (nSPS) is 10.3. The van der Waals surface area contributed by atoms with Gasteiger partial charge in [-0.1, -0.05) is 30.0 Å². The van der Waals surface area contributed by atoms with E-state index in [1.54, 1.807) is 11.8 Å². The molecule has 1 aromatic heterocycles. The summed E-state index contributed by atoms with van der Waals surface area (Å²) in [6, 6.07) is 17.7. The highest BCUT2D eigenvalue weighted by molar-refractivity contribution is 7.99. The van der Waals surface area contributed by atoms with Crippen molar-refractivity contribution in [1.82, 2.24) is 4.98 Å². The van der Waals surface area contributed by atoms with Crippen LogP contribution in [0.1, 0.15) is 5.69 Å². The number of aromatic hydroxyl groups is 1. The van der Waals surface area contributed by atoms with Gasteiger partial charge in [-0.05, 0) is 30.3 Å². The van der Waals surface area contributed by atoms with Crippen LogP contribution in [0.4, 0.5) is 0 Å². The lowest BCUT2D eigenvalue weighted by Crippen LogP contribution is -1.86. The van der Waals surface area contributed by atoms with Crippen molar-refractivity contribution >= 4 is 22.5 Å². The highest BCUT2D eigenvalue weighted by Gasteiger charge is 2.08. The van der Waals surface area contributed by atoms with Gasteiger partial charge >= 0.3 is 0 Å². The number of hydrogen-bond acceptors (Lipinski definition) is 4. The first-order valence-electron chi connectivity index (χ1n) is 6.02. The average Bonchev–Trinajstić information content (AvgIpc) is 2.49. The lowest BCUT2D eigenvalue weighted by Gasteiger charge is -2.06. The molecule has 0 spiro atoms. The zero-order valence-electron chi connectivity index (χ0n) is 10.4. The number of nitriles is 1. The molecule has 0 saturated heterocycles. The third-order valence-electron chi connectivity index (χ3n) is 2.92. The molecular weight excluding hydrogens is 268 g/mol. The van der Waals surface area contributed by atoms with Crippen LogP contribution in [0.3, 0.4) is 0 Å². The first-order chi connectivity index (χ1) is 9.78. The van der Waals surface area contributed by atoms with Crippen LogP contribution < -0.4 is 0 Å². The number of nitrogens with zero attached hydrogens (tertiary/aromatic N) is 2. The highest BCUT2D eigenvalue weighted by Crippen LogP contribution is 2.33. The van der Waals surface area contributed by atoms with Gasteiger partial charge in [0.1, 0.15) is 17.5 Å². The molecule has 96 valence electrons. The number of fused-ring (bicyclic) bond motifs is 1. The van der Waals surface area contributed by atoms with E-state index < -0.39 is 0 Å². The van der Waals surface area contributed by atoms with Crippen molar-refractivity contribution in [3.05, 3.63) is 60.4 Å². The number of hydrogen-bond donors (Lipinski definition) is 1. The van der Waals surface area contributed by atoms with Crippen LogP contribution in [0.2, 0.25) is 0 Å². The standard InChI is InChI=1S/C16H10N2OS/c17-9-15-14-8-12(20-11-4-2-1-3-5-11)6-7-13(14)16(19)10-18-15/h1-8,10,19H. The van der Waals surface area contributed by atoms with E-state index in [2.05, 4.69) is 11.1 Å². The monoisotopic (exact) mass is 278 g/mol. The molecule has 0 amide bonds. The molecule has 3 nitrogen and oxygen atoms in total. The Hall–Kier alpha value is -2.51. The summed E-state index contributed by atoms with van der Waals surface area (Å²) in [5, 5.41) is 20.2. The Labute approximate surface area is 120 Å². The predicted octanol–water partition coefficient (Wildman–Crippen LogP) is 3.96. The van der Waals surface area contributed by atoms with Crippen molar-refractivity contribution in [2.45, 2.75) is 9.79 Å². The maximum atomic E-state index is 9.79. The van der Waals surface area contributed by atoms with Crippen molar-refractivity contribution in [2.24, 2.45) is 0 Å². The Kier molecular flexibility index (Phi) is 3.28. The van der Waals surface area contributed by atoms with Gasteiger partial charge in [-0.25, -0.2) is 4.98 Å². The van der Waals surface area contributed by atoms with Gasteiger partial charge < -0.3 is 5.11 Å². The van der Waals surface area contributed by atoms with E-state index in [1.807, 2.05) is 48.5 Å². The summed E-state index contributed by atoms with van der Waals surface area (Å²) in [7, 11) is 0. The van der Waals surface area contributed by atoms with Gasteiger partial charge in [-0.2, -0.15) is 5.26 Å². The zero-order valence-corrected chi connectivity index (χ0v) is 11.3. The first kappa shape index (κ1) is 12.5. The molecule has 0 saturated carbocycles. The minimum Gasteiger partial charge on any atom is -0.506 e. The summed E-state index contributed by atoms with van der Waals surface area (Å²) in [5.74, 6) is 0.0928. The second-order valence-electron chi connectivity index (χ2n) is 4.23. The Morgan fingerprint density at radius 1 is 1.00 bits per heavy atom. The van der Waals surface area contributed by atoms with Gasteiger partial charge in [0, 0.05) is 20.6 Å². The molecular formula is C16H10N2OS. The average molecular weight is 278 g/mol. The summed E-state index contributed by atoms with van der Waals surface area (Å²) in [5.41, 5.74) is 0.327. The fourth-order valence-electron chi connectivity index (χ4n) is 1.98. The maximum Gasteiger partial charge on any atom is 0.148 e. The van der Waals surface area contributed by atoms with E-state index in [0.717, 1.165) is 9.79 Å². The van der Waals surface area contributed by atoms with Crippen molar-refractivity contribution in [2.75, 3.05) is 0 Å². The molecule has 0 unspecified atom stereocenters. The molecule has 1 N–H and O–H groups in total. The van der Waals surface area contributed by atoms with Gasteiger partial charge in [-0.15, -0.1) is 0 Å². The third-order valence-corrected chi connectivity index (χ3v) is 3.92. The molecule has 1 heterocycles. The van der Waals surface area contributed by atoms with Crippen LogP contribution in [-0.4, -0.2) is 10.1 Å². The van der Waals surface area contributed by atoms with Crippen molar-refractivity contribution < 1.29 is 5.11 Å². The molecule has 0 aliphatic heterocycles. The van der Waals surface area contributed by atoms with Crippen LogP contribution in [0.5, 0.6) is 5.75 Å². The van der Waals surface area contributed by atoms with Crippen LogP contribution >= 0.6 is 11.8 Å². The first-order valence-corrected chi connectivity index (χ1v) is 6.84. The Morgan fingerprint density at radius 2 is 1.80 bits per heavy atom. The van der Waals surface area contributed by atoms with Crippen molar-refractivity contribution in [3.63, 3.8) is 0 Å². The zero-order chi connectivity index (χ0) is 13.9. The molecule has 0 fully saturated rings. The smallest absolute Gasteiger partial charge is 0.148 e. The number of rotatable bonds is 2. The topological polar surface area (TPSA) is 56.9 Å². The van der Waals surface area contributed by atoms with E-state index in [4.69, 9.17) is 5.26 Å². The number of pyridine rings is 1. The fraction of sp³-hybridized carbons (Fsp3) is 0. The minimum atomic E-state index is 0.0928. The van der Waals surface area contributed by atoms with E-state index in [9.17, 15) is 5.11 Å². The van der Waals surface area contributed by atoms with Crippen LogP contribution in [-0.2, 0) is 0 Å². The summed E-state index contributed by atoms with van der Waals surface area (Å²) in [6.45, 7) is 0. The van der Waals surface area contributed by atoms with Gasteiger partial charge in [0.25, 0.3) is 0 Å². The lowest BCUT2D eigenvalue weighted by molar-refractivity contribution is 0.479. The summed E-state index contributed by atoms with van der Waals surface area (Å²) in [6.07, 6.45) is 1.31. The lowest BCUT2D eigenvalue weighted by atomic mass is 10.1. The highest BCUT2D eigenvalue weighted by atomic mass is 32.2. The molecule has 20 heavy (non-hydrogen) atoms. The maximum absolute atomic E-state index is 9.79. The van der Waals surface area contributed by atoms with Gasteiger partial charge in [0.15, 0.2) is 0 Å². The van der Waals surface area contributed by atoms with Crippen molar-refractivity contribution in [1.29, 1.82) is 5.26 Å². The molecule has 0 aliphatic rings. The minimum absolute atomic E-state index is 0.0928. The quantitative estimate of drug-likeness (QED) is 0.770. The van der Waals surface area contributed by atoms with E-state index in [1.165, 1.54) is 6.20 Å². The molecule has 2 aromatic carbocycles. The third kappa shape index (κ3) is 2.31. The van der Waals surface area contributed by atoms with Gasteiger partial charge in [0.05, 0.1) is 6.20 Å². The second kappa shape index (κ2) is 5.24. The molecule has 0 aliphatic carbocycles. The van der Waals surface area contributed by atoms with Crippen LogP contribution in [0.25, 0.3) is 10.8 Å². The summed E-state index contributed by atoms with van der Waals surface area (Å²) in [4.78, 5) is 6.08. The Balaban J connectivity index is 2.09. The van der Waals surface area contributed by atoms with Gasteiger partial charge in [0.2, 0.25) is 0 Å². The van der Waals surface area contributed by atoms with E-state index >= 15 is 0 Å². The molecule has 3 rings (SSSR count). The van der Waals surface area contributed by atoms with Crippen LogP contribution in [0.15, 0.2) is 64.5 Å². The molecule has 0 bridgehead atoms. The largest absolute Gasteiger partial charge is 0.506 e. The Bertz CT molecular complexity index is 810. The van der Waals surface area contributed by atoms with E-state index in [-0.39, 0.29) is 5.75 Å². The number of aromatic nitrogens is 1. The summed E-state index contributed by atoms with van der Waals surface area (Å²) >= 11 is 1.61. The molecule has 0 radical (unpaired) electrons. The van der Waals surface area contributed by atoms with Crippen molar-refractivity contribution in [3.8, 4) is 11.8 Å².